The van der Waals surface area contributed by atoms with E-state index in [1.165, 1.54) is 11.1 Å². The minimum Gasteiger partial charge on any atom is -0.357 e. The molecule has 2 aromatic carbocycles. The quantitative estimate of drug-likeness (QED) is 0.812. The van der Waals surface area contributed by atoms with E-state index in [0.29, 0.717) is 19.4 Å². The molecule has 0 saturated carbocycles. The van der Waals surface area contributed by atoms with E-state index in [1.807, 2.05) is 51.1 Å². The molecule has 0 aliphatic carbocycles. The van der Waals surface area contributed by atoms with Gasteiger partial charge in [0, 0.05) is 13.6 Å². The molecule has 1 N–H and O–H groups in total. The molecule has 0 aliphatic heterocycles. The first-order valence-electron chi connectivity index (χ1n) is 9.48. The van der Waals surface area contributed by atoms with E-state index >= 15 is 0 Å². The zero-order valence-corrected chi connectivity index (χ0v) is 17.0. The predicted octanol–water partition coefficient (Wildman–Crippen LogP) is 3.71. The zero-order valence-electron chi connectivity index (χ0n) is 17.0. The van der Waals surface area contributed by atoms with Crippen LogP contribution < -0.4 is 5.32 Å². The van der Waals surface area contributed by atoms with E-state index in [2.05, 4.69) is 24.4 Å². The molecule has 0 aromatic heterocycles. The fraction of sp³-hybridized carbons (Fsp3) is 0.391. The fourth-order valence-corrected chi connectivity index (χ4v) is 3.28. The number of aryl methyl sites for hydroxylation is 3. The van der Waals surface area contributed by atoms with E-state index in [9.17, 15) is 9.59 Å². The predicted molar refractivity (Wildman–Crippen MR) is 109 cm³/mol. The third kappa shape index (κ3) is 5.43. The summed E-state index contributed by atoms with van der Waals surface area (Å²) in [7, 11) is 1.61. The molecule has 27 heavy (non-hydrogen) atoms. The van der Waals surface area contributed by atoms with Crippen molar-refractivity contribution in [2.45, 2.75) is 53.1 Å². The molecular formula is C23H30N2O2. The summed E-state index contributed by atoms with van der Waals surface area (Å²) in [5, 5.41) is 2.70. The maximum atomic E-state index is 13.2. The Hall–Kier alpha value is -2.62. The van der Waals surface area contributed by atoms with Crippen LogP contribution in [0.5, 0.6) is 0 Å². The second-order valence-corrected chi connectivity index (χ2v) is 7.14. The molecule has 0 radical (unpaired) electrons. The van der Waals surface area contributed by atoms with Gasteiger partial charge < -0.3 is 10.2 Å². The number of carbonyl (C=O) groups excluding carboxylic acids is 2. The third-order valence-corrected chi connectivity index (χ3v) is 4.99. The van der Waals surface area contributed by atoms with Gasteiger partial charge in [-0.25, -0.2) is 0 Å². The number of nitrogens with one attached hydrogen (secondary N) is 1. The highest BCUT2D eigenvalue weighted by atomic mass is 16.2. The first kappa shape index (κ1) is 20.7. The van der Waals surface area contributed by atoms with Gasteiger partial charge in [0.25, 0.3) is 0 Å². The molecule has 2 aromatic rings. The van der Waals surface area contributed by atoms with Crippen molar-refractivity contribution < 1.29 is 9.59 Å². The lowest BCUT2D eigenvalue weighted by molar-refractivity contribution is -0.140. The molecule has 0 spiro atoms. The molecule has 4 nitrogen and oxygen atoms in total. The van der Waals surface area contributed by atoms with Crippen molar-refractivity contribution in [1.29, 1.82) is 0 Å². The number of nitrogens with zero attached hydrogens (tertiary/aromatic N) is 1. The average Bonchev–Trinajstić information content (AvgIpc) is 2.64. The van der Waals surface area contributed by atoms with Gasteiger partial charge in [-0.1, -0.05) is 55.0 Å². The maximum Gasteiger partial charge on any atom is 0.242 e. The molecule has 0 saturated heterocycles. The third-order valence-electron chi connectivity index (χ3n) is 4.99. The van der Waals surface area contributed by atoms with E-state index < -0.39 is 6.04 Å². The molecule has 2 rings (SSSR count). The van der Waals surface area contributed by atoms with Crippen molar-refractivity contribution in [1.82, 2.24) is 10.2 Å². The van der Waals surface area contributed by atoms with Crippen LogP contribution in [0.1, 0.15) is 41.2 Å². The van der Waals surface area contributed by atoms with Crippen molar-refractivity contribution >= 4 is 11.8 Å². The summed E-state index contributed by atoms with van der Waals surface area (Å²) in [6.07, 6.45) is 0.866. The van der Waals surface area contributed by atoms with Crippen LogP contribution in [0.3, 0.4) is 0 Å². The van der Waals surface area contributed by atoms with Gasteiger partial charge in [0.05, 0.1) is 6.42 Å². The van der Waals surface area contributed by atoms with Crippen molar-refractivity contribution in [2.75, 3.05) is 7.05 Å². The summed E-state index contributed by atoms with van der Waals surface area (Å²) in [5.41, 5.74) is 5.53. The SMILES string of the molecule is CCC(C(=O)NC)N(Cc1cccc(C)c1)C(=O)Cc1ccc(C)c(C)c1. The van der Waals surface area contributed by atoms with Gasteiger partial charge in [0.15, 0.2) is 0 Å². The Morgan fingerprint density at radius 2 is 1.74 bits per heavy atom. The second kappa shape index (κ2) is 9.36. The van der Waals surface area contributed by atoms with Crippen molar-refractivity contribution in [3.63, 3.8) is 0 Å². The van der Waals surface area contributed by atoms with Gasteiger partial charge in [-0.3, -0.25) is 9.59 Å². The molecule has 0 fully saturated rings. The minimum atomic E-state index is -0.477. The molecule has 0 aliphatic rings. The highest BCUT2D eigenvalue weighted by Crippen LogP contribution is 2.17. The molecular weight excluding hydrogens is 336 g/mol. The van der Waals surface area contributed by atoms with E-state index in [0.717, 1.165) is 16.7 Å². The zero-order chi connectivity index (χ0) is 20.0. The number of likely N-dealkylation sites (N-methyl/N-ethyl adjacent to an activating group) is 1. The average molecular weight is 367 g/mol. The van der Waals surface area contributed by atoms with Crippen LogP contribution in [0.2, 0.25) is 0 Å². The lowest BCUT2D eigenvalue weighted by Gasteiger charge is -2.30. The summed E-state index contributed by atoms with van der Waals surface area (Å²) >= 11 is 0. The van der Waals surface area contributed by atoms with Gasteiger partial charge in [0.1, 0.15) is 6.04 Å². The molecule has 2 amide bonds. The van der Waals surface area contributed by atoms with Crippen LogP contribution in [0.25, 0.3) is 0 Å². The lowest BCUT2D eigenvalue weighted by Crippen LogP contribution is -2.48. The van der Waals surface area contributed by atoms with Crippen molar-refractivity contribution in [3.8, 4) is 0 Å². The second-order valence-electron chi connectivity index (χ2n) is 7.14. The largest absolute Gasteiger partial charge is 0.357 e. The Labute approximate surface area is 162 Å². The molecule has 0 bridgehead atoms. The van der Waals surface area contributed by atoms with Gasteiger partial charge in [0.2, 0.25) is 11.8 Å². The molecule has 144 valence electrons. The van der Waals surface area contributed by atoms with Crippen LogP contribution in [0, 0.1) is 20.8 Å². The maximum absolute atomic E-state index is 13.2. The number of amides is 2. The van der Waals surface area contributed by atoms with E-state index in [-0.39, 0.29) is 11.8 Å². The smallest absolute Gasteiger partial charge is 0.242 e. The molecule has 1 atom stereocenters. The highest BCUT2D eigenvalue weighted by molar-refractivity contribution is 5.88. The standard InChI is InChI=1S/C23H30N2O2/c1-6-21(23(27)24-5)25(15-20-9-7-8-16(2)12-20)22(26)14-19-11-10-17(3)18(4)13-19/h7-13,21H,6,14-15H2,1-5H3,(H,24,27). The first-order valence-corrected chi connectivity index (χ1v) is 9.48. The number of benzene rings is 2. The molecule has 0 heterocycles. The van der Waals surface area contributed by atoms with Crippen molar-refractivity contribution in [2.24, 2.45) is 0 Å². The van der Waals surface area contributed by atoms with E-state index in [4.69, 9.17) is 0 Å². The summed E-state index contributed by atoms with van der Waals surface area (Å²) in [6, 6.07) is 13.7. The number of hydrogen-bond acceptors (Lipinski definition) is 2. The summed E-state index contributed by atoms with van der Waals surface area (Å²) in [6.45, 7) is 8.50. The number of rotatable bonds is 7. The summed E-state index contributed by atoms with van der Waals surface area (Å²) in [4.78, 5) is 27.3. The number of carbonyl (C=O) groups is 2. The molecule has 4 heteroatoms. The van der Waals surface area contributed by atoms with Crippen molar-refractivity contribution in [3.05, 3.63) is 70.3 Å². The van der Waals surface area contributed by atoms with Crippen LogP contribution in [0.4, 0.5) is 0 Å². The summed E-state index contributed by atoms with van der Waals surface area (Å²) < 4.78 is 0. The van der Waals surface area contributed by atoms with Gasteiger partial charge in [-0.2, -0.15) is 0 Å². The van der Waals surface area contributed by atoms with Crippen LogP contribution in [0.15, 0.2) is 42.5 Å². The van der Waals surface area contributed by atoms with Gasteiger partial charge in [-0.05, 0) is 49.4 Å². The Kier molecular flexibility index (Phi) is 7.17. The fourth-order valence-electron chi connectivity index (χ4n) is 3.28. The Balaban J connectivity index is 2.30. The number of hydrogen-bond donors (Lipinski definition) is 1. The van der Waals surface area contributed by atoms with Crippen LogP contribution in [-0.4, -0.2) is 29.8 Å². The Morgan fingerprint density at radius 3 is 2.33 bits per heavy atom. The van der Waals surface area contributed by atoms with Gasteiger partial charge >= 0.3 is 0 Å². The normalized spacial score (nSPS) is 11.7. The topological polar surface area (TPSA) is 49.4 Å². The lowest BCUT2D eigenvalue weighted by atomic mass is 10.0. The molecule has 1 unspecified atom stereocenters. The highest BCUT2D eigenvalue weighted by Gasteiger charge is 2.28. The van der Waals surface area contributed by atoms with Gasteiger partial charge in [-0.15, -0.1) is 0 Å². The Bertz CT molecular complexity index is 814. The summed E-state index contributed by atoms with van der Waals surface area (Å²) in [5.74, 6) is -0.159. The first-order chi connectivity index (χ1) is 12.8. The Morgan fingerprint density at radius 1 is 1.00 bits per heavy atom. The van der Waals surface area contributed by atoms with Crippen LogP contribution in [-0.2, 0) is 22.6 Å². The van der Waals surface area contributed by atoms with E-state index in [1.54, 1.807) is 11.9 Å². The van der Waals surface area contributed by atoms with Crippen LogP contribution >= 0.6 is 0 Å². The minimum absolute atomic E-state index is 0.0322. The monoisotopic (exact) mass is 366 g/mol.